The lowest BCUT2D eigenvalue weighted by Gasteiger charge is -2.03. The van der Waals surface area contributed by atoms with E-state index in [-0.39, 0.29) is 5.67 Å². The molecule has 0 heterocycles. The SMILES string of the molecule is CCC(N=C=O)[SiH](Cl)Cl. The summed E-state index contributed by atoms with van der Waals surface area (Å²) in [4.78, 5) is 13.1. The minimum atomic E-state index is -1.79. The molecule has 0 bridgehead atoms. The maximum atomic E-state index is 9.69. The largest absolute Gasteiger partial charge is 0.261 e. The van der Waals surface area contributed by atoms with E-state index in [0.717, 1.165) is 6.42 Å². The highest BCUT2D eigenvalue weighted by Gasteiger charge is 2.15. The molecule has 1 unspecified atom stereocenters. The van der Waals surface area contributed by atoms with E-state index in [4.69, 9.17) is 22.2 Å². The van der Waals surface area contributed by atoms with Gasteiger partial charge in [0, 0.05) is 0 Å². The molecule has 0 aliphatic rings. The van der Waals surface area contributed by atoms with E-state index in [1.807, 2.05) is 6.92 Å². The summed E-state index contributed by atoms with van der Waals surface area (Å²) in [5.41, 5.74) is -0.161. The Labute approximate surface area is 64.9 Å². The van der Waals surface area contributed by atoms with Crippen LogP contribution in [0.2, 0.25) is 0 Å². The Morgan fingerprint density at radius 2 is 2.33 bits per heavy atom. The second kappa shape index (κ2) is 5.00. The van der Waals surface area contributed by atoms with Crippen LogP contribution < -0.4 is 0 Å². The second-order valence-corrected chi connectivity index (χ2v) is 6.46. The summed E-state index contributed by atoms with van der Waals surface area (Å²) in [5.74, 6) is 0. The molecule has 2 nitrogen and oxygen atoms in total. The highest BCUT2D eigenvalue weighted by molar-refractivity contribution is 7.34. The van der Waals surface area contributed by atoms with Gasteiger partial charge in [-0.2, -0.15) is 0 Å². The number of carbonyl (C=O) groups excluding carboxylic acids is 1. The van der Waals surface area contributed by atoms with Gasteiger partial charge in [0.2, 0.25) is 6.08 Å². The molecule has 1 atom stereocenters. The van der Waals surface area contributed by atoms with Gasteiger partial charge in [-0.25, -0.2) is 9.79 Å². The van der Waals surface area contributed by atoms with Gasteiger partial charge in [-0.3, -0.25) is 0 Å². The molecule has 0 aliphatic carbocycles. The van der Waals surface area contributed by atoms with E-state index in [2.05, 4.69) is 4.99 Å². The predicted octanol–water partition coefficient (Wildman–Crippen LogP) is 1.34. The summed E-state index contributed by atoms with van der Waals surface area (Å²) < 4.78 is 0. The molecule has 0 fully saturated rings. The molecule has 0 aromatic heterocycles. The molecule has 0 aromatic rings. The third-order valence-electron chi connectivity index (χ3n) is 0.928. The van der Waals surface area contributed by atoms with Crippen LogP contribution in [0.1, 0.15) is 13.3 Å². The van der Waals surface area contributed by atoms with Crippen molar-refractivity contribution in [3.63, 3.8) is 0 Å². The average molecular weight is 184 g/mol. The lowest BCUT2D eigenvalue weighted by molar-refractivity contribution is 0.561. The Morgan fingerprint density at radius 1 is 1.78 bits per heavy atom. The number of hydrogen-bond acceptors (Lipinski definition) is 2. The number of isocyanates is 1. The van der Waals surface area contributed by atoms with Crippen molar-refractivity contribution in [3.05, 3.63) is 0 Å². The Bertz CT molecular complexity index is 124. The van der Waals surface area contributed by atoms with Gasteiger partial charge in [0.05, 0.1) is 5.67 Å². The molecular formula is C4H7Cl2NOSi. The summed E-state index contributed by atoms with van der Waals surface area (Å²) >= 11 is 11.1. The van der Waals surface area contributed by atoms with Crippen LogP contribution in [-0.2, 0) is 4.79 Å². The number of hydrogen-bond donors (Lipinski definition) is 0. The van der Waals surface area contributed by atoms with Gasteiger partial charge in [-0.05, 0) is 6.42 Å². The van der Waals surface area contributed by atoms with Crippen LogP contribution >= 0.6 is 22.2 Å². The zero-order chi connectivity index (χ0) is 7.28. The lowest BCUT2D eigenvalue weighted by atomic mass is 10.5. The zero-order valence-electron chi connectivity index (χ0n) is 4.97. The number of rotatable bonds is 3. The smallest absolute Gasteiger partial charge is 0.211 e. The molecule has 0 rings (SSSR count). The van der Waals surface area contributed by atoms with Crippen LogP contribution in [-0.4, -0.2) is 19.2 Å². The van der Waals surface area contributed by atoms with Gasteiger partial charge in [-0.15, -0.1) is 22.2 Å². The maximum Gasteiger partial charge on any atom is 0.261 e. The standard InChI is InChI=1S/C4H7Cl2NOSi/c1-2-4(7-3-8)9(5)6/h4,9H,2H2,1H3. The average Bonchev–Trinajstić information content (AvgIpc) is 1.82. The van der Waals surface area contributed by atoms with Crippen LogP contribution in [0.25, 0.3) is 0 Å². The predicted molar refractivity (Wildman–Crippen MR) is 41.1 cm³/mol. The highest BCUT2D eigenvalue weighted by atomic mass is 35.7. The number of nitrogens with zero attached hydrogens (tertiary/aromatic N) is 1. The normalized spacial score (nSPS) is 12.9. The molecular weight excluding hydrogens is 177 g/mol. The van der Waals surface area contributed by atoms with Gasteiger partial charge >= 0.3 is 0 Å². The third kappa shape index (κ3) is 3.70. The van der Waals surface area contributed by atoms with E-state index in [1.54, 1.807) is 0 Å². The van der Waals surface area contributed by atoms with Crippen molar-refractivity contribution in [2.45, 2.75) is 19.0 Å². The van der Waals surface area contributed by atoms with Crippen LogP contribution in [0.15, 0.2) is 4.99 Å². The molecule has 0 aromatic carbocycles. The highest BCUT2D eigenvalue weighted by Crippen LogP contribution is 2.08. The summed E-state index contributed by atoms with van der Waals surface area (Å²) in [6.07, 6.45) is 2.16. The fourth-order valence-corrected chi connectivity index (χ4v) is 2.33. The van der Waals surface area contributed by atoms with Crippen LogP contribution in [0.4, 0.5) is 0 Å². The maximum absolute atomic E-state index is 9.69. The van der Waals surface area contributed by atoms with E-state index < -0.39 is 7.42 Å². The molecule has 9 heavy (non-hydrogen) atoms. The van der Waals surface area contributed by atoms with Crippen molar-refractivity contribution < 1.29 is 4.79 Å². The Balaban J connectivity index is 3.82. The Morgan fingerprint density at radius 3 is 2.44 bits per heavy atom. The van der Waals surface area contributed by atoms with E-state index in [0.29, 0.717) is 0 Å². The lowest BCUT2D eigenvalue weighted by Crippen LogP contribution is -2.16. The molecule has 0 spiro atoms. The van der Waals surface area contributed by atoms with E-state index >= 15 is 0 Å². The monoisotopic (exact) mass is 183 g/mol. The quantitative estimate of drug-likeness (QED) is 0.281. The first-order valence-corrected chi connectivity index (χ1v) is 6.73. The summed E-state index contributed by atoms with van der Waals surface area (Å²) in [7, 11) is -1.79. The van der Waals surface area contributed by atoms with Crippen LogP contribution in [0, 0.1) is 0 Å². The van der Waals surface area contributed by atoms with Gasteiger partial charge < -0.3 is 0 Å². The Kier molecular flexibility index (Phi) is 5.10. The second-order valence-electron chi connectivity index (χ2n) is 1.53. The van der Waals surface area contributed by atoms with E-state index in [9.17, 15) is 4.79 Å². The molecule has 0 saturated carbocycles. The molecule has 52 valence electrons. The number of aliphatic imine (C=N–C) groups is 1. The van der Waals surface area contributed by atoms with Crippen LogP contribution in [0.5, 0.6) is 0 Å². The fraction of sp³-hybridized carbons (Fsp3) is 0.750. The first-order valence-electron chi connectivity index (χ1n) is 2.57. The summed E-state index contributed by atoms with van der Waals surface area (Å²) in [6.45, 7) is 1.89. The molecule has 5 heteroatoms. The zero-order valence-corrected chi connectivity index (χ0v) is 7.64. The molecule has 0 radical (unpaired) electrons. The summed E-state index contributed by atoms with van der Waals surface area (Å²) in [5, 5.41) is 0. The van der Waals surface area contributed by atoms with Crippen LogP contribution in [0.3, 0.4) is 0 Å². The van der Waals surface area contributed by atoms with Gasteiger partial charge in [0.1, 0.15) is 0 Å². The van der Waals surface area contributed by atoms with Crippen molar-refractivity contribution in [1.29, 1.82) is 0 Å². The van der Waals surface area contributed by atoms with Crippen molar-refractivity contribution in [2.24, 2.45) is 4.99 Å². The van der Waals surface area contributed by atoms with Crippen molar-refractivity contribution in [2.75, 3.05) is 0 Å². The number of halogens is 2. The minimum Gasteiger partial charge on any atom is -0.211 e. The topological polar surface area (TPSA) is 29.4 Å². The first kappa shape index (κ1) is 9.18. The Hall–Kier alpha value is 0.177. The van der Waals surface area contributed by atoms with Crippen molar-refractivity contribution in [1.82, 2.24) is 0 Å². The summed E-state index contributed by atoms with van der Waals surface area (Å²) in [6, 6.07) is 0. The van der Waals surface area contributed by atoms with Gasteiger partial charge in [0.25, 0.3) is 7.42 Å². The third-order valence-corrected chi connectivity index (χ3v) is 3.88. The van der Waals surface area contributed by atoms with Crippen molar-refractivity contribution in [3.8, 4) is 0 Å². The van der Waals surface area contributed by atoms with Gasteiger partial charge in [0.15, 0.2) is 0 Å². The molecule has 0 amide bonds. The van der Waals surface area contributed by atoms with Gasteiger partial charge in [-0.1, -0.05) is 6.92 Å². The fourth-order valence-electron chi connectivity index (χ4n) is 0.394. The molecule has 0 saturated heterocycles. The molecule has 0 N–H and O–H groups in total. The van der Waals surface area contributed by atoms with E-state index in [1.165, 1.54) is 6.08 Å². The molecule has 0 aliphatic heterocycles. The minimum absolute atomic E-state index is 0.161. The van der Waals surface area contributed by atoms with Crippen molar-refractivity contribution >= 4 is 35.7 Å². The first-order chi connectivity index (χ1) is 4.22.